The van der Waals surface area contributed by atoms with Crippen LogP contribution in [0, 0.1) is 6.92 Å². The summed E-state index contributed by atoms with van der Waals surface area (Å²) in [7, 11) is 0. The molecule has 0 amide bonds. The van der Waals surface area contributed by atoms with Gasteiger partial charge in [-0.25, -0.2) is 4.79 Å². The predicted octanol–water partition coefficient (Wildman–Crippen LogP) is 7.27. The van der Waals surface area contributed by atoms with E-state index in [1.54, 1.807) is 6.92 Å². The van der Waals surface area contributed by atoms with Crippen LogP contribution in [0.1, 0.15) is 70.7 Å². The zero-order chi connectivity index (χ0) is 30.1. The largest absolute Gasteiger partial charge is 0.493 e. The van der Waals surface area contributed by atoms with Crippen LogP contribution in [0.15, 0.2) is 36.4 Å². The number of rotatable bonds is 7. The lowest BCUT2D eigenvalue weighted by atomic mass is 9.91. The number of carboxylic acids is 1. The van der Waals surface area contributed by atoms with Gasteiger partial charge < -0.3 is 19.1 Å². The van der Waals surface area contributed by atoms with E-state index in [9.17, 15) is 23.1 Å². The van der Waals surface area contributed by atoms with Gasteiger partial charge in [0.1, 0.15) is 18.0 Å². The van der Waals surface area contributed by atoms with Gasteiger partial charge in [0.25, 0.3) is 0 Å². The molecule has 43 heavy (non-hydrogen) atoms. The Bertz CT molecular complexity index is 1650. The van der Waals surface area contributed by atoms with Gasteiger partial charge >= 0.3 is 12.1 Å². The topological polar surface area (TPSA) is 78.5 Å². The van der Waals surface area contributed by atoms with E-state index in [1.165, 1.54) is 17.5 Å². The van der Waals surface area contributed by atoms with E-state index in [1.807, 2.05) is 34.9 Å². The highest BCUT2D eigenvalue weighted by Crippen LogP contribution is 2.39. The molecule has 228 valence electrons. The molecule has 6 rings (SSSR count). The van der Waals surface area contributed by atoms with E-state index in [0.29, 0.717) is 73.5 Å². The minimum atomic E-state index is -4.45. The summed E-state index contributed by atoms with van der Waals surface area (Å²) in [6.45, 7) is 1.72. The Labute approximate surface area is 248 Å². The van der Waals surface area contributed by atoms with Gasteiger partial charge in [0.05, 0.1) is 30.1 Å². The molecule has 0 saturated heterocycles. The van der Waals surface area contributed by atoms with E-state index in [2.05, 4.69) is 11.2 Å². The molecular formula is C33H36F3N3O4. The molecule has 0 bridgehead atoms. The first-order valence-electron chi connectivity index (χ1n) is 15.0. The Balaban J connectivity index is 1.39. The van der Waals surface area contributed by atoms with Crippen LogP contribution in [0.3, 0.4) is 0 Å². The molecule has 0 fully saturated rings. The third-order valence-electron chi connectivity index (χ3n) is 8.56. The summed E-state index contributed by atoms with van der Waals surface area (Å²) < 4.78 is 55.3. The average Bonchev–Trinajstić information content (AvgIpc) is 3.43. The molecule has 1 N–H and O–H groups in total. The lowest BCUT2D eigenvalue weighted by Crippen LogP contribution is -2.21. The summed E-state index contributed by atoms with van der Waals surface area (Å²) in [5.41, 5.74) is 6.31. The minimum absolute atomic E-state index is 0.0114. The fourth-order valence-corrected chi connectivity index (χ4v) is 6.79. The van der Waals surface area contributed by atoms with E-state index >= 15 is 0 Å². The first-order valence-corrected chi connectivity index (χ1v) is 15.0. The van der Waals surface area contributed by atoms with Crippen molar-refractivity contribution in [2.75, 3.05) is 13.2 Å². The van der Waals surface area contributed by atoms with Crippen molar-refractivity contribution in [1.82, 2.24) is 14.3 Å². The third-order valence-corrected chi connectivity index (χ3v) is 8.56. The summed E-state index contributed by atoms with van der Waals surface area (Å²) >= 11 is 0. The van der Waals surface area contributed by atoms with E-state index in [4.69, 9.17) is 9.47 Å². The number of hydrogen-bond acceptors (Lipinski definition) is 4. The predicted molar refractivity (Wildman–Crippen MR) is 157 cm³/mol. The number of fused-ring (bicyclic) bond motifs is 3. The van der Waals surface area contributed by atoms with Crippen LogP contribution in [-0.4, -0.2) is 44.8 Å². The quantitative estimate of drug-likeness (QED) is 0.227. The molecule has 7 nitrogen and oxygen atoms in total. The molecule has 4 aromatic rings. The maximum absolute atomic E-state index is 13.5. The van der Waals surface area contributed by atoms with Crippen molar-refractivity contribution in [2.24, 2.45) is 0 Å². The van der Waals surface area contributed by atoms with Gasteiger partial charge in [-0.15, -0.1) is 0 Å². The fourth-order valence-electron chi connectivity index (χ4n) is 6.79. The maximum Gasteiger partial charge on any atom is 0.408 e. The summed E-state index contributed by atoms with van der Waals surface area (Å²) in [4.78, 5) is 12.8. The molecule has 0 atom stereocenters. The number of carboxylic acid groups (broad SMARTS) is 1. The highest BCUT2D eigenvalue weighted by atomic mass is 19.4. The molecule has 1 aliphatic carbocycles. The molecule has 0 saturated carbocycles. The monoisotopic (exact) mass is 595 g/mol. The number of ether oxygens (including phenoxy) is 2. The number of aromatic nitrogens is 3. The second-order valence-electron chi connectivity index (χ2n) is 11.5. The van der Waals surface area contributed by atoms with Crippen LogP contribution in [0.2, 0.25) is 0 Å². The molecule has 10 heteroatoms. The van der Waals surface area contributed by atoms with E-state index < -0.39 is 18.7 Å². The molecule has 2 aromatic carbocycles. The van der Waals surface area contributed by atoms with Crippen LogP contribution in [0.4, 0.5) is 13.2 Å². The number of benzene rings is 2. The number of hydrogen-bond donors (Lipinski definition) is 1. The number of alkyl halides is 3. The number of aryl methyl sites for hydroxylation is 4. The van der Waals surface area contributed by atoms with Crippen molar-refractivity contribution in [3.8, 4) is 16.9 Å². The second kappa shape index (κ2) is 12.1. The normalized spacial score (nSPS) is 15.5. The minimum Gasteiger partial charge on any atom is -0.493 e. The first kappa shape index (κ1) is 29.3. The summed E-state index contributed by atoms with van der Waals surface area (Å²) in [6.07, 6.45) is 2.40. The molecule has 3 heterocycles. The van der Waals surface area contributed by atoms with Gasteiger partial charge in [0.15, 0.2) is 0 Å². The van der Waals surface area contributed by atoms with Gasteiger partial charge in [-0.05, 0) is 81.0 Å². The van der Waals surface area contributed by atoms with Gasteiger partial charge in [0, 0.05) is 29.7 Å². The summed E-state index contributed by atoms with van der Waals surface area (Å²) in [5.74, 6) is -0.109. The van der Waals surface area contributed by atoms with Crippen molar-refractivity contribution in [2.45, 2.75) is 84.2 Å². The smallest absolute Gasteiger partial charge is 0.408 e. The van der Waals surface area contributed by atoms with Gasteiger partial charge in [0.2, 0.25) is 0 Å². The van der Waals surface area contributed by atoms with Crippen molar-refractivity contribution < 1.29 is 32.5 Å². The number of carbonyl (C=O) groups is 1. The van der Waals surface area contributed by atoms with Crippen LogP contribution in [0.25, 0.3) is 22.0 Å². The Morgan fingerprint density at radius 1 is 1.09 bits per heavy atom. The zero-order valence-corrected chi connectivity index (χ0v) is 24.3. The Kier molecular flexibility index (Phi) is 8.22. The number of aromatic carboxylic acids is 1. The molecule has 0 unspecified atom stereocenters. The van der Waals surface area contributed by atoms with Crippen LogP contribution >= 0.6 is 0 Å². The van der Waals surface area contributed by atoms with Gasteiger partial charge in [-0.3, -0.25) is 4.68 Å². The van der Waals surface area contributed by atoms with Gasteiger partial charge in [-0.1, -0.05) is 30.3 Å². The SMILES string of the molecule is Cc1nn(CC(F)(F)F)c2c1-c1cccc3c(CCCOc4cccc5c4CCCC5)c(C(=O)O)n(c13)CCCCOC2. The summed E-state index contributed by atoms with van der Waals surface area (Å²) in [5, 5.41) is 15.5. The number of para-hydroxylation sites is 1. The third kappa shape index (κ3) is 5.89. The number of nitrogens with zero attached hydrogens (tertiary/aromatic N) is 3. The first-order chi connectivity index (χ1) is 20.7. The molecule has 1 aliphatic heterocycles. The lowest BCUT2D eigenvalue weighted by molar-refractivity contribution is -0.143. The summed E-state index contributed by atoms with van der Waals surface area (Å²) in [6, 6.07) is 11.8. The van der Waals surface area contributed by atoms with Crippen LogP contribution in [-0.2, 0) is 43.7 Å². The molecular weight excluding hydrogens is 559 g/mol. The van der Waals surface area contributed by atoms with Crippen molar-refractivity contribution in [3.63, 3.8) is 0 Å². The highest BCUT2D eigenvalue weighted by Gasteiger charge is 2.32. The molecule has 2 aliphatic rings. The van der Waals surface area contributed by atoms with Crippen LogP contribution < -0.4 is 4.74 Å². The van der Waals surface area contributed by atoms with Crippen LogP contribution in [0.5, 0.6) is 5.75 Å². The Hall–Kier alpha value is -3.79. The standard InChI is InChI=1S/C33H36F3N3O4/c1-21-29-26-13-7-12-24-25(14-8-18-43-28-15-6-10-22-9-2-3-11-23(22)28)31(32(40)41)38(30(24)26)16-4-5-17-42-19-27(29)39(37-21)20-33(34,35)36/h6-7,10,12-13,15H,2-5,8-9,11,14,16-20H2,1H3,(H,40,41). The molecule has 0 radical (unpaired) electrons. The van der Waals surface area contributed by atoms with Crippen molar-refractivity contribution in [1.29, 1.82) is 0 Å². The number of halogens is 3. The lowest BCUT2D eigenvalue weighted by Gasteiger charge is -2.19. The second-order valence-corrected chi connectivity index (χ2v) is 11.5. The Morgan fingerprint density at radius 3 is 2.72 bits per heavy atom. The van der Waals surface area contributed by atoms with E-state index in [-0.39, 0.29) is 12.3 Å². The molecule has 0 spiro atoms. The molecule has 2 aromatic heterocycles. The van der Waals surface area contributed by atoms with E-state index in [0.717, 1.165) is 40.6 Å². The zero-order valence-electron chi connectivity index (χ0n) is 24.3. The average molecular weight is 596 g/mol. The van der Waals surface area contributed by atoms with Gasteiger partial charge in [-0.2, -0.15) is 18.3 Å². The van der Waals surface area contributed by atoms with Crippen molar-refractivity contribution >= 4 is 16.9 Å². The highest BCUT2D eigenvalue weighted by molar-refractivity contribution is 6.04. The fraction of sp³-hybridized carbons (Fsp3) is 0.455. The Morgan fingerprint density at radius 2 is 1.91 bits per heavy atom. The van der Waals surface area contributed by atoms with Crippen molar-refractivity contribution in [3.05, 3.63) is 70.2 Å². The maximum atomic E-state index is 13.5.